The van der Waals surface area contributed by atoms with E-state index in [1.807, 2.05) is 36.4 Å². The summed E-state index contributed by atoms with van der Waals surface area (Å²) < 4.78 is 10.5. The third-order valence-electron chi connectivity index (χ3n) is 3.11. The molecule has 3 aromatic rings. The van der Waals surface area contributed by atoms with Crippen LogP contribution in [-0.4, -0.2) is 30.3 Å². The van der Waals surface area contributed by atoms with Crippen molar-refractivity contribution in [2.24, 2.45) is 0 Å². The van der Waals surface area contributed by atoms with E-state index in [0.717, 1.165) is 28.0 Å². The minimum absolute atomic E-state index is 0.562. The minimum Gasteiger partial charge on any atom is -0.491 e. The summed E-state index contributed by atoms with van der Waals surface area (Å²) in [5.74, 6) is 0.847. The van der Waals surface area contributed by atoms with Crippen LogP contribution >= 0.6 is 0 Å². The topological polar surface area (TPSA) is 47.1 Å². The number of pyridine rings is 1. The third-order valence-corrected chi connectivity index (χ3v) is 3.11. The highest BCUT2D eigenvalue weighted by Crippen LogP contribution is 2.24. The number of nitrogens with one attached hydrogen (secondary N) is 1. The maximum atomic E-state index is 5.55. The number of rotatable bonds is 5. The molecule has 0 atom stereocenters. The molecule has 0 bridgehead atoms. The Morgan fingerprint density at radius 1 is 1.10 bits per heavy atom. The van der Waals surface area contributed by atoms with Gasteiger partial charge in [0, 0.05) is 24.4 Å². The molecule has 20 heavy (non-hydrogen) atoms. The van der Waals surface area contributed by atoms with Gasteiger partial charge in [-0.3, -0.25) is 0 Å². The van der Waals surface area contributed by atoms with E-state index in [-0.39, 0.29) is 0 Å². The fourth-order valence-electron chi connectivity index (χ4n) is 2.09. The van der Waals surface area contributed by atoms with Crippen LogP contribution in [0.3, 0.4) is 0 Å². The first kappa shape index (κ1) is 12.7. The lowest BCUT2D eigenvalue weighted by Crippen LogP contribution is -2.03. The van der Waals surface area contributed by atoms with Gasteiger partial charge in [-0.25, -0.2) is 4.98 Å². The number of nitrogens with zero attached hydrogens (tertiary/aromatic N) is 1. The summed E-state index contributed by atoms with van der Waals surface area (Å²) in [4.78, 5) is 7.61. The summed E-state index contributed by atoms with van der Waals surface area (Å²) in [6.07, 6.45) is 1.79. The number of aromatic amines is 1. The van der Waals surface area contributed by atoms with Gasteiger partial charge in [-0.05, 0) is 48.0 Å². The van der Waals surface area contributed by atoms with Crippen molar-refractivity contribution in [2.75, 3.05) is 20.3 Å². The zero-order valence-electron chi connectivity index (χ0n) is 11.3. The van der Waals surface area contributed by atoms with Gasteiger partial charge in [0.05, 0.1) is 6.61 Å². The Hall–Kier alpha value is -2.33. The maximum absolute atomic E-state index is 5.55. The van der Waals surface area contributed by atoms with Crippen LogP contribution in [0.4, 0.5) is 0 Å². The van der Waals surface area contributed by atoms with Gasteiger partial charge in [-0.1, -0.05) is 0 Å². The second-order valence-electron chi connectivity index (χ2n) is 4.49. The SMILES string of the molecule is COCCOc1ccc(-c2cc3cccnc3[nH]2)cc1. The number of ether oxygens (including phenoxy) is 2. The van der Waals surface area contributed by atoms with Gasteiger partial charge in [-0.15, -0.1) is 0 Å². The highest BCUT2D eigenvalue weighted by Gasteiger charge is 2.04. The van der Waals surface area contributed by atoms with Gasteiger partial charge in [0.15, 0.2) is 0 Å². The number of hydrogen-bond donors (Lipinski definition) is 1. The molecule has 0 spiro atoms. The van der Waals surface area contributed by atoms with E-state index < -0.39 is 0 Å². The molecule has 3 rings (SSSR count). The number of methoxy groups -OCH3 is 1. The van der Waals surface area contributed by atoms with E-state index in [2.05, 4.69) is 16.0 Å². The van der Waals surface area contributed by atoms with Crippen molar-refractivity contribution in [3.8, 4) is 17.0 Å². The van der Waals surface area contributed by atoms with Crippen molar-refractivity contribution in [2.45, 2.75) is 0 Å². The molecule has 0 aliphatic rings. The third kappa shape index (κ3) is 2.65. The predicted octanol–water partition coefficient (Wildman–Crippen LogP) is 3.26. The maximum Gasteiger partial charge on any atom is 0.137 e. The van der Waals surface area contributed by atoms with Crippen molar-refractivity contribution in [3.05, 3.63) is 48.7 Å². The summed E-state index contributed by atoms with van der Waals surface area (Å²) >= 11 is 0. The monoisotopic (exact) mass is 268 g/mol. The van der Waals surface area contributed by atoms with Gasteiger partial charge >= 0.3 is 0 Å². The molecule has 0 aliphatic carbocycles. The van der Waals surface area contributed by atoms with E-state index in [1.165, 1.54) is 0 Å². The molecule has 0 amide bonds. The average molecular weight is 268 g/mol. The number of benzene rings is 1. The molecule has 2 heterocycles. The van der Waals surface area contributed by atoms with Crippen molar-refractivity contribution < 1.29 is 9.47 Å². The summed E-state index contributed by atoms with van der Waals surface area (Å²) in [6, 6.07) is 14.1. The van der Waals surface area contributed by atoms with E-state index in [1.54, 1.807) is 13.3 Å². The lowest BCUT2D eigenvalue weighted by molar-refractivity contribution is 0.146. The van der Waals surface area contributed by atoms with Crippen molar-refractivity contribution in [1.29, 1.82) is 0 Å². The molecule has 102 valence electrons. The Kier molecular flexibility index (Phi) is 3.65. The van der Waals surface area contributed by atoms with Gasteiger partial charge < -0.3 is 14.5 Å². The molecule has 0 saturated carbocycles. The molecule has 0 unspecified atom stereocenters. The Morgan fingerprint density at radius 2 is 1.95 bits per heavy atom. The van der Waals surface area contributed by atoms with Crippen LogP contribution in [0.1, 0.15) is 0 Å². The van der Waals surface area contributed by atoms with E-state index >= 15 is 0 Å². The second kappa shape index (κ2) is 5.75. The zero-order chi connectivity index (χ0) is 13.8. The number of fused-ring (bicyclic) bond motifs is 1. The molecular formula is C16H16N2O2. The number of hydrogen-bond acceptors (Lipinski definition) is 3. The molecule has 0 aliphatic heterocycles. The minimum atomic E-state index is 0.562. The smallest absolute Gasteiger partial charge is 0.137 e. The van der Waals surface area contributed by atoms with Crippen LogP contribution in [0.15, 0.2) is 48.7 Å². The van der Waals surface area contributed by atoms with Crippen LogP contribution in [0, 0.1) is 0 Å². The summed E-state index contributed by atoms with van der Waals surface area (Å²) in [5, 5.41) is 1.11. The lowest BCUT2D eigenvalue weighted by Gasteiger charge is -2.05. The van der Waals surface area contributed by atoms with Gasteiger partial charge in [0.2, 0.25) is 0 Å². The van der Waals surface area contributed by atoms with Crippen LogP contribution < -0.4 is 4.74 Å². The quantitative estimate of drug-likeness (QED) is 0.722. The zero-order valence-corrected chi connectivity index (χ0v) is 11.3. The number of H-pyrrole nitrogens is 1. The second-order valence-corrected chi connectivity index (χ2v) is 4.49. The standard InChI is InChI=1S/C16H16N2O2/c1-19-9-10-20-14-6-4-12(5-7-14)15-11-13-3-2-8-17-16(13)18-15/h2-8,11H,9-10H2,1H3,(H,17,18). The molecule has 4 heteroatoms. The molecule has 2 aromatic heterocycles. The van der Waals surface area contributed by atoms with Crippen molar-refractivity contribution >= 4 is 11.0 Å². The highest BCUT2D eigenvalue weighted by atomic mass is 16.5. The summed E-state index contributed by atoms with van der Waals surface area (Å²) in [5.41, 5.74) is 3.08. The Balaban J connectivity index is 1.79. The lowest BCUT2D eigenvalue weighted by atomic mass is 10.1. The highest BCUT2D eigenvalue weighted by molar-refractivity contribution is 5.82. The predicted molar refractivity (Wildman–Crippen MR) is 78.9 cm³/mol. The van der Waals surface area contributed by atoms with Crippen molar-refractivity contribution in [1.82, 2.24) is 9.97 Å². The fourth-order valence-corrected chi connectivity index (χ4v) is 2.09. The normalized spacial score (nSPS) is 10.8. The molecule has 4 nitrogen and oxygen atoms in total. The van der Waals surface area contributed by atoms with Crippen LogP contribution in [0.5, 0.6) is 5.75 Å². The first-order valence-electron chi connectivity index (χ1n) is 6.53. The molecule has 0 fully saturated rings. The molecule has 0 radical (unpaired) electrons. The summed E-state index contributed by atoms with van der Waals surface area (Å²) in [6.45, 7) is 1.15. The fraction of sp³-hybridized carbons (Fsp3) is 0.188. The Morgan fingerprint density at radius 3 is 2.70 bits per heavy atom. The Labute approximate surface area is 117 Å². The molecule has 0 saturated heterocycles. The Bertz CT molecular complexity index is 656. The van der Waals surface area contributed by atoms with E-state index in [0.29, 0.717) is 13.2 Å². The average Bonchev–Trinajstić information content (AvgIpc) is 2.92. The largest absolute Gasteiger partial charge is 0.491 e. The van der Waals surface area contributed by atoms with Crippen molar-refractivity contribution in [3.63, 3.8) is 0 Å². The molecular weight excluding hydrogens is 252 g/mol. The van der Waals surface area contributed by atoms with Crippen LogP contribution in [0.2, 0.25) is 0 Å². The van der Waals surface area contributed by atoms with Crippen LogP contribution in [-0.2, 0) is 4.74 Å². The summed E-state index contributed by atoms with van der Waals surface area (Å²) in [7, 11) is 1.66. The first-order valence-corrected chi connectivity index (χ1v) is 6.53. The van der Waals surface area contributed by atoms with Gasteiger partial charge in [0.25, 0.3) is 0 Å². The van der Waals surface area contributed by atoms with E-state index in [4.69, 9.17) is 9.47 Å². The molecule has 1 N–H and O–H groups in total. The van der Waals surface area contributed by atoms with Gasteiger partial charge in [-0.2, -0.15) is 0 Å². The van der Waals surface area contributed by atoms with Crippen LogP contribution in [0.25, 0.3) is 22.3 Å². The number of aromatic nitrogens is 2. The first-order chi connectivity index (χ1) is 9.86. The van der Waals surface area contributed by atoms with Gasteiger partial charge in [0.1, 0.15) is 18.0 Å². The van der Waals surface area contributed by atoms with E-state index in [9.17, 15) is 0 Å². The molecule has 1 aromatic carbocycles.